The Kier molecular flexibility index (Phi) is 5.03. The molecule has 8 heteroatoms. The van der Waals surface area contributed by atoms with Gasteiger partial charge in [-0.15, -0.1) is 0 Å². The minimum Gasteiger partial charge on any atom is -0.319 e. The molecule has 2 aliphatic heterocycles. The predicted octanol–water partition coefficient (Wildman–Crippen LogP) is 2.33. The molecule has 8 nitrogen and oxygen atoms in total. The summed E-state index contributed by atoms with van der Waals surface area (Å²) in [5, 5.41) is 11.6. The summed E-state index contributed by atoms with van der Waals surface area (Å²) in [5.74, 6) is -0.859. The van der Waals surface area contributed by atoms with Crippen LogP contribution in [0.25, 0.3) is 0 Å². The Labute approximate surface area is 179 Å². The lowest BCUT2D eigenvalue weighted by Gasteiger charge is -2.22. The van der Waals surface area contributed by atoms with E-state index in [0.29, 0.717) is 29.7 Å². The molecule has 4 amide bonds. The van der Waals surface area contributed by atoms with Crippen LogP contribution in [0.5, 0.6) is 0 Å². The highest BCUT2D eigenvalue weighted by Gasteiger charge is 2.49. The van der Waals surface area contributed by atoms with E-state index in [1.165, 1.54) is 0 Å². The minimum absolute atomic E-state index is 0.0560. The molecule has 4 rings (SSSR count). The van der Waals surface area contributed by atoms with E-state index in [2.05, 4.69) is 5.32 Å². The average Bonchev–Trinajstić information content (AvgIpc) is 3.30. The Morgan fingerprint density at radius 3 is 2.35 bits per heavy atom. The second-order valence-electron chi connectivity index (χ2n) is 7.75. The van der Waals surface area contributed by atoms with Gasteiger partial charge in [0.25, 0.3) is 5.91 Å². The second-order valence-corrected chi connectivity index (χ2v) is 7.75. The van der Waals surface area contributed by atoms with Crippen LogP contribution in [0.3, 0.4) is 0 Å². The highest BCUT2D eigenvalue weighted by molar-refractivity contribution is 6.11. The molecule has 2 aliphatic rings. The van der Waals surface area contributed by atoms with Gasteiger partial charge in [-0.25, -0.2) is 4.79 Å². The zero-order valence-electron chi connectivity index (χ0n) is 16.9. The predicted molar refractivity (Wildman–Crippen MR) is 111 cm³/mol. The zero-order valence-corrected chi connectivity index (χ0v) is 16.9. The third-order valence-corrected chi connectivity index (χ3v) is 5.74. The van der Waals surface area contributed by atoms with Crippen molar-refractivity contribution < 1.29 is 19.2 Å². The molecule has 0 spiro atoms. The van der Waals surface area contributed by atoms with E-state index in [1.54, 1.807) is 60.4 Å². The number of Topliss-reactive ketones (excluding diaryl/α,β-unsaturated/α-hetero) is 1. The lowest BCUT2D eigenvalue weighted by molar-refractivity contribution is -0.130. The van der Waals surface area contributed by atoms with Crippen LogP contribution in [0.2, 0.25) is 0 Å². The number of hydrogen-bond donors (Lipinski definition) is 1. The summed E-state index contributed by atoms with van der Waals surface area (Å²) in [7, 11) is 0. The first-order chi connectivity index (χ1) is 14.8. The zero-order chi connectivity index (χ0) is 22.2. The summed E-state index contributed by atoms with van der Waals surface area (Å²) in [6.45, 7) is 1.84. The Bertz CT molecular complexity index is 1120. The Morgan fingerprint density at radius 2 is 1.77 bits per heavy atom. The number of nitriles is 1. The average molecular weight is 416 g/mol. The molecule has 0 aromatic heterocycles. The first kappa shape index (κ1) is 20.3. The molecule has 0 radical (unpaired) electrons. The van der Waals surface area contributed by atoms with E-state index < -0.39 is 24.0 Å². The molecule has 0 aliphatic carbocycles. The number of imide groups is 1. The van der Waals surface area contributed by atoms with Crippen molar-refractivity contribution in [1.82, 2.24) is 10.2 Å². The van der Waals surface area contributed by atoms with Gasteiger partial charge in [0.1, 0.15) is 5.54 Å². The molecule has 0 bridgehead atoms. The molecule has 31 heavy (non-hydrogen) atoms. The van der Waals surface area contributed by atoms with E-state index >= 15 is 0 Å². The van der Waals surface area contributed by atoms with Crippen LogP contribution in [0.4, 0.5) is 10.5 Å². The Balaban J connectivity index is 1.49. The van der Waals surface area contributed by atoms with Gasteiger partial charge in [-0.3, -0.25) is 19.3 Å². The fraction of sp³-hybridized carbons (Fsp3) is 0.261. The lowest BCUT2D eigenvalue weighted by Crippen LogP contribution is -2.41. The Hall–Kier alpha value is -3.99. The van der Waals surface area contributed by atoms with Crippen LogP contribution in [-0.4, -0.2) is 41.6 Å². The number of nitrogens with zero attached hydrogens (tertiary/aromatic N) is 3. The van der Waals surface area contributed by atoms with E-state index in [0.717, 1.165) is 17.0 Å². The highest BCUT2D eigenvalue weighted by atomic mass is 16.2. The van der Waals surface area contributed by atoms with Gasteiger partial charge in [0.05, 0.1) is 18.2 Å². The van der Waals surface area contributed by atoms with Gasteiger partial charge in [0, 0.05) is 24.2 Å². The SMILES string of the molecule is CC1(c2ccc(C#N)cc2)NC(=O)N(CC(=O)c2ccc(N3CCCC3=O)cc2)C1=O. The summed E-state index contributed by atoms with van der Waals surface area (Å²) in [6.07, 6.45) is 1.33. The van der Waals surface area contributed by atoms with Gasteiger partial charge in [0.15, 0.2) is 5.78 Å². The van der Waals surface area contributed by atoms with Crippen LogP contribution in [-0.2, 0) is 15.1 Å². The van der Waals surface area contributed by atoms with Crippen LogP contribution < -0.4 is 10.2 Å². The lowest BCUT2D eigenvalue weighted by atomic mass is 9.91. The number of rotatable bonds is 5. The van der Waals surface area contributed by atoms with Crippen molar-refractivity contribution in [3.05, 3.63) is 65.2 Å². The molecule has 2 fully saturated rings. The quantitative estimate of drug-likeness (QED) is 0.594. The molecule has 1 atom stereocenters. The summed E-state index contributed by atoms with van der Waals surface area (Å²) >= 11 is 0. The molecule has 2 aromatic carbocycles. The van der Waals surface area contributed by atoms with E-state index in [4.69, 9.17) is 5.26 Å². The summed E-state index contributed by atoms with van der Waals surface area (Å²) < 4.78 is 0. The fourth-order valence-electron chi connectivity index (χ4n) is 3.90. The molecule has 2 aromatic rings. The van der Waals surface area contributed by atoms with Gasteiger partial charge in [-0.1, -0.05) is 12.1 Å². The molecule has 2 heterocycles. The molecular formula is C23H20N4O4. The Morgan fingerprint density at radius 1 is 1.10 bits per heavy atom. The summed E-state index contributed by atoms with van der Waals surface area (Å²) in [5.41, 5.74) is 0.728. The van der Waals surface area contributed by atoms with Gasteiger partial charge >= 0.3 is 6.03 Å². The molecule has 0 saturated carbocycles. The fourth-order valence-corrected chi connectivity index (χ4v) is 3.90. The van der Waals surface area contributed by atoms with E-state index in [9.17, 15) is 19.2 Å². The maximum absolute atomic E-state index is 13.0. The maximum Gasteiger partial charge on any atom is 0.325 e. The smallest absolute Gasteiger partial charge is 0.319 e. The molecule has 1 unspecified atom stereocenters. The first-order valence-corrected chi connectivity index (χ1v) is 9.92. The molecular weight excluding hydrogens is 396 g/mol. The third-order valence-electron chi connectivity index (χ3n) is 5.74. The number of carbonyl (C=O) groups is 4. The van der Waals surface area contributed by atoms with Crippen molar-refractivity contribution in [2.24, 2.45) is 0 Å². The third kappa shape index (κ3) is 3.55. The number of ketones is 1. The van der Waals surface area contributed by atoms with E-state index in [1.807, 2.05) is 6.07 Å². The van der Waals surface area contributed by atoms with Crippen molar-refractivity contribution >= 4 is 29.3 Å². The van der Waals surface area contributed by atoms with Gasteiger partial charge in [0.2, 0.25) is 5.91 Å². The van der Waals surface area contributed by atoms with Gasteiger partial charge in [-0.2, -0.15) is 5.26 Å². The molecule has 2 saturated heterocycles. The van der Waals surface area contributed by atoms with Crippen LogP contribution >= 0.6 is 0 Å². The first-order valence-electron chi connectivity index (χ1n) is 9.92. The monoisotopic (exact) mass is 416 g/mol. The van der Waals surface area contributed by atoms with Crippen LogP contribution in [0.15, 0.2) is 48.5 Å². The standard InChI is InChI=1S/C23H20N4O4/c1-23(17-8-4-15(13-24)5-9-17)21(30)27(22(31)25-23)14-19(28)16-6-10-18(11-7-16)26-12-2-3-20(26)29/h4-11H,2-3,12,14H2,1H3,(H,25,31). The van der Waals surface area contributed by atoms with Crippen LogP contribution in [0, 0.1) is 11.3 Å². The summed E-state index contributed by atoms with van der Waals surface area (Å²) in [4.78, 5) is 52.6. The number of amides is 4. The van der Waals surface area contributed by atoms with Crippen molar-refractivity contribution in [2.75, 3.05) is 18.0 Å². The van der Waals surface area contributed by atoms with Crippen molar-refractivity contribution in [2.45, 2.75) is 25.3 Å². The molecule has 156 valence electrons. The highest BCUT2D eigenvalue weighted by Crippen LogP contribution is 2.29. The minimum atomic E-state index is -1.31. The van der Waals surface area contributed by atoms with Crippen molar-refractivity contribution in [1.29, 1.82) is 5.26 Å². The topological polar surface area (TPSA) is 111 Å². The number of nitrogens with one attached hydrogen (secondary N) is 1. The molecule has 1 N–H and O–H groups in total. The largest absolute Gasteiger partial charge is 0.325 e. The second kappa shape index (κ2) is 7.69. The number of urea groups is 1. The van der Waals surface area contributed by atoms with E-state index in [-0.39, 0.29) is 11.7 Å². The number of anilines is 1. The number of benzene rings is 2. The van der Waals surface area contributed by atoms with Crippen molar-refractivity contribution in [3.63, 3.8) is 0 Å². The van der Waals surface area contributed by atoms with Gasteiger partial charge in [-0.05, 0) is 55.3 Å². The normalized spacial score (nSPS) is 20.7. The van der Waals surface area contributed by atoms with Gasteiger partial charge < -0.3 is 10.2 Å². The van der Waals surface area contributed by atoms with Crippen molar-refractivity contribution in [3.8, 4) is 6.07 Å². The number of hydrogen-bond acceptors (Lipinski definition) is 5. The summed E-state index contributed by atoms with van der Waals surface area (Å²) in [6, 6.07) is 14.3. The maximum atomic E-state index is 13.0. The van der Waals surface area contributed by atoms with Crippen LogP contribution in [0.1, 0.15) is 41.3 Å². The number of carbonyl (C=O) groups excluding carboxylic acids is 4.